The molecule has 1 aromatic carbocycles. The van der Waals surface area contributed by atoms with Crippen molar-refractivity contribution in [2.24, 2.45) is 0 Å². The Bertz CT molecular complexity index is 922. The van der Waals surface area contributed by atoms with E-state index in [-0.39, 0.29) is 12.6 Å². The molecule has 0 bridgehead atoms. The summed E-state index contributed by atoms with van der Waals surface area (Å²) in [7, 11) is 0. The fourth-order valence-electron chi connectivity index (χ4n) is 2.84. The van der Waals surface area contributed by atoms with Crippen molar-refractivity contribution >= 4 is 12.0 Å². The number of aromatic nitrogens is 4. The van der Waals surface area contributed by atoms with Gasteiger partial charge in [-0.2, -0.15) is 10.2 Å². The van der Waals surface area contributed by atoms with Crippen molar-refractivity contribution in [2.75, 3.05) is 6.61 Å². The molecule has 6 nitrogen and oxygen atoms in total. The predicted octanol–water partition coefficient (Wildman–Crippen LogP) is 3.31. The van der Waals surface area contributed by atoms with E-state index in [4.69, 9.17) is 4.74 Å². The number of nitrogens with zero attached hydrogens (tertiary/aromatic N) is 4. The van der Waals surface area contributed by atoms with Gasteiger partial charge in [-0.05, 0) is 38.5 Å². The molecule has 0 amide bonds. The lowest BCUT2D eigenvalue weighted by Gasteiger charge is -2.05. The molecular weight excluding hydrogens is 340 g/mol. The molecule has 27 heavy (non-hydrogen) atoms. The van der Waals surface area contributed by atoms with E-state index in [9.17, 15) is 4.79 Å². The van der Waals surface area contributed by atoms with Crippen LogP contribution in [0.25, 0.3) is 6.08 Å². The fraction of sp³-hybridized carbons (Fsp3) is 0.286. The van der Waals surface area contributed by atoms with Crippen LogP contribution in [0.5, 0.6) is 0 Å². The van der Waals surface area contributed by atoms with Crippen LogP contribution in [0.2, 0.25) is 0 Å². The Morgan fingerprint density at radius 2 is 1.96 bits per heavy atom. The van der Waals surface area contributed by atoms with Gasteiger partial charge in [-0.15, -0.1) is 0 Å². The van der Waals surface area contributed by atoms with Gasteiger partial charge in [0.15, 0.2) is 0 Å². The summed E-state index contributed by atoms with van der Waals surface area (Å²) in [5, 5.41) is 8.67. The molecule has 3 aromatic rings. The van der Waals surface area contributed by atoms with Crippen LogP contribution in [0.1, 0.15) is 28.1 Å². The van der Waals surface area contributed by atoms with Gasteiger partial charge in [0.25, 0.3) is 0 Å². The summed E-state index contributed by atoms with van der Waals surface area (Å²) in [5.41, 5.74) is 5.29. The van der Waals surface area contributed by atoms with Gasteiger partial charge in [-0.25, -0.2) is 4.79 Å². The second kappa shape index (κ2) is 8.49. The third-order valence-electron chi connectivity index (χ3n) is 4.40. The first-order valence-corrected chi connectivity index (χ1v) is 8.95. The van der Waals surface area contributed by atoms with Crippen molar-refractivity contribution in [3.05, 3.63) is 76.9 Å². The Morgan fingerprint density at radius 3 is 2.67 bits per heavy atom. The summed E-state index contributed by atoms with van der Waals surface area (Å²) < 4.78 is 8.90. The molecule has 0 fully saturated rings. The number of aryl methyl sites for hydroxylation is 2. The normalized spacial score (nSPS) is 11.2. The summed E-state index contributed by atoms with van der Waals surface area (Å²) in [6.07, 6.45) is 6.76. The summed E-state index contributed by atoms with van der Waals surface area (Å²) in [6, 6.07) is 10.3. The van der Waals surface area contributed by atoms with Crippen molar-refractivity contribution in [1.82, 2.24) is 19.6 Å². The molecule has 3 rings (SSSR count). The maximum atomic E-state index is 11.9. The molecule has 0 unspecified atom stereocenters. The van der Waals surface area contributed by atoms with Crippen LogP contribution in [-0.4, -0.2) is 32.1 Å². The SMILES string of the molecule is Cc1ccc(Cn2nc(C)c(/C=C/C(=O)OCCn3cccn3)c2C)cc1. The highest BCUT2D eigenvalue weighted by molar-refractivity contribution is 5.87. The second-order valence-corrected chi connectivity index (χ2v) is 6.50. The number of rotatable bonds is 7. The first kappa shape index (κ1) is 18.6. The van der Waals surface area contributed by atoms with Crippen molar-refractivity contribution in [3.8, 4) is 0 Å². The maximum absolute atomic E-state index is 11.9. The summed E-state index contributed by atoms with van der Waals surface area (Å²) in [5.74, 6) is -0.368. The van der Waals surface area contributed by atoms with Gasteiger partial charge in [0.1, 0.15) is 6.61 Å². The number of hydrogen-bond donors (Lipinski definition) is 0. The van der Waals surface area contributed by atoms with Crippen LogP contribution >= 0.6 is 0 Å². The molecule has 0 aliphatic rings. The number of carbonyl (C=O) groups excluding carboxylic acids is 1. The minimum atomic E-state index is -0.368. The van der Waals surface area contributed by atoms with Crippen molar-refractivity contribution < 1.29 is 9.53 Å². The summed E-state index contributed by atoms with van der Waals surface area (Å²) >= 11 is 0. The minimum Gasteiger partial charge on any atom is -0.461 e. The summed E-state index contributed by atoms with van der Waals surface area (Å²) in [6.45, 7) is 7.56. The summed E-state index contributed by atoms with van der Waals surface area (Å²) in [4.78, 5) is 11.9. The minimum absolute atomic E-state index is 0.287. The fourth-order valence-corrected chi connectivity index (χ4v) is 2.84. The molecule has 0 saturated carbocycles. The number of ether oxygens (including phenoxy) is 1. The second-order valence-electron chi connectivity index (χ2n) is 6.50. The van der Waals surface area contributed by atoms with E-state index < -0.39 is 0 Å². The van der Waals surface area contributed by atoms with Gasteiger partial charge in [0.05, 0.1) is 18.8 Å². The molecule has 0 saturated heterocycles. The number of carbonyl (C=O) groups is 1. The van der Waals surface area contributed by atoms with Gasteiger partial charge < -0.3 is 4.74 Å². The molecule has 0 aliphatic carbocycles. The van der Waals surface area contributed by atoms with E-state index in [1.165, 1.54) is 17.2 Å². The molecule has 2 heterocycles. The molecular formula is C21H24N4O2. The predicted molar refractivity (Wildman–Crippen MR) is 104 cm³/mol. The van der Waals surface area contributed by atoms with E-state index in [2.05, 4.69) is 41.4 Å². The highest BCUT2D eigenvalue weighted by Gasteiger charge is 2.10. The van der Waals surface area contributed by atoms with Crippen molar-refractivity contribution in [1.29, 1.82) is 0 Å². The first-order valence-electron chi connectivity index (χ1n) is 8.95. The van der Waals surface area contributed by atoms with Gasteiger partial charge in [0, 0.05) is 29.7 Å². The maximum Gasteiger partial charge on any atom is 0.330 e. The van der Waals surface area contributed by atoms with E-state index in [0.29, 0.717) is 13.1 Å². The van der Waals surface area contributed by atoms with Crippen molar-refractivity contribution in [3.63, 3.8) is 0 Å². The van der Waals surface area contributed by atoms with E-state index in [1.807, 2.05) is 30.8 Å². The Balaban J connectivity index is 1.60. The lowest BCUT2D eigenvalue weighted by Crippen LogP contribution is -2.09. The molecule has 0 N–H and O–H groups in total. The van der Waals surface area contributed by atoms with Crippen molar-refractivity contribution in [2.45, 2.75) is 33.9 Å². The largest absolute Gasteiger partial charge is 0.461 e. The Morgan fingerprint density at radius 1 is 1.19 bits per heavy atom. The molecule has 0 spiro atoms. The highest BCUT2D eigenvalue weighted by atomic mass is 16.5. The average molecular weight is 364 g/mol. The first-order chi connectivity index (χ1) is 13.0. The zero-order chi connectivity index (χ0) is 19.2. The van der Waals surface area contributed by atoms with Crippen LogP contribution < -0.4 is 0 Å². The Hall–Kier alpha value is -3.15. The Kier molecular flexibility index (Phi) is 5.86. The molecule has 0 aliphatic heterocycles. The highest BCUT2D eigenvalue weighted by Crippen LogP contribution is 2.17. The number of esters is 1. The van der Waals surface area contributed by atoms with Crippen LogP contribution in [0.3, 0.4) is 0 Å². The van der Waals surface area contributed by atoms with E-state index >= 15 is 0 Å². The van der Waals surface area contributed by atoms with Gasteiger partial charge in [-0.1, -0.05) is 29.8 Å². The lowest BCUT2D eigenvalue weighted by atomic mass is 10.1. The van der Waals surface area contributed by atoms with E-state index in [0.717, 1.165) is 17.0 Å². The monoisotopic (exact) mass is 364 g/mol. The smallest absolute Gasteiger partial charge is 0.330 e. The molecule has 2 aromatic heterocycles. The number of hydrogen-bond acceptors (Lipinski definition) is 4. The molecule has 140 valence electrons. The standard InChI is InChI=1S/C21H24N4O2/c1-16-5-7-19(8-6-16)15-25-18(3)20(17(2)23-25)9-10-21(26)27-14-13-24-12-4-11-22-24/h4-12H,13-15H2,1-3H3/b10-9+. The third kappa shape index (κ3) is 4.94. The Labute approximate surface area is 159 Å². The van der Waals surface area contributed by atoms with E-state index in [1.54, 1.807) is 17.0 Å². The van der Waals surface area contributed by atoms with Gasteiger partial charge in [-0.3, -0.25) is 9.36 Å². The van der Waals surface area contributed by atoms with Gasteiger partial charge >= 0.3 is 5.97 Å². The molecule has 0 atom stereocenters. The topological polar surface area (TPSA) is 61.9 Å². The molecule has 0 radical (unpaired) electrons. The van der Waals surface area contributed by atoms with Crippen LogP contribution in [0, 0.1) is 20.8 Å². The van der Waals surface area contributed by atoms with Crippen LogP contribution in [0.4, 0.5) is 0 Å². The van der Waals surface area contributed by atoms with Crippen LogP contribution in [-0.2, 0) is 22.6 Å². The zero-order valence-corrected chi connectivity index (χ0v) is 15.9. The molecule has 6 heteroatoms. The third-order valence-corrected chi connectivity index (χ3v) is 4.40. The zero-order valence-electron chi connectivity index (χ0n) is 15.9. The quantitative estimate of drug-likeness (QED) is 0.477. The lowest BCUT2D eigenvalue weighted by molar-refractivity contribution is -0.138. The van der Waals surface area contributed by atoms with Crippen LogP contribution in [0.15, 0.2) is 48.8 Å². The van der Waals surface area contributed by atoms with Gasteiger partial charge in [0.2, 0.25) is 0 Å². The number of benzene rings is 1. The average Bonchev–Trinajstić information content (AvgIpc) is 3.24.